The van der Waals surface area contributed by atoms with Gasteiger partial charge in [-0.1, -0.05) is 13.8 Å². The van der Waals surface area contributed by atoms with Crippen LogP contribution in [0.1, 0.15) is 30.8 Å². The summed E-state index contributed by atoms with van der Waals surface area (Å²) in [5.41, 5.74) is 3.72. The second kappa shape index (κ2) is 6.77. The molecule has 0 aliphatic carbocycles. The third-order valence-electron chi connectivity index (χ3n) is 2.99. The Bertz CT molecular complexity index is 341. The van der Waals surface area contributed by atoms with Crippen LogP contribution in [0.5, 0.6) is 0 Å². The van der Waals surface area contributed by atoms with E-state index < -0.39 is 0 Å². The van der Waals surface area contributed by atoms with Gasteiger partial charge in [-0.15, -0.1) is 0 Å². The lowest BCUT2D eigenvalue weighted by molar-refractivity contribution is 0.535. The molecule has 2 N–H and O–H groups in total. The van der Waals surface area contributed by atoms with E-state index in [1.165, 1.54) is 11.3 Å². The Labute approximate surface area is 105 Å². The van der Waals surface area contributed by atoms with E-state index >= 15 is 0 Å². The molecule has 1 rings (SSSR count). The number of rotatable bonds is 7. The predicted molar refractivity (Wildman–Crippen MR) is 72.1 cm³/mol. The fourth-order valence-corrected chi connectivity index (χ4v) is 1.85. The molecule has 0 saturated heterocycles. The summed E-state index contributed by atoms with van der Waals surface area (Å²) in [7, 11) is 2.00. The molecule has 0 saturated carbocycles. The van der Waals surface area contributed by atoms with Crippen LogP contribution in [-0.2, 0) is 13.6 Å². The first-order valence-electron chi connectivity index (χ1n) is 6.43. The highest BCUT2D eigenvalue weighted by molar-refractivity contribution is 5.23. The van der Waals surface area contributed by atoms with Crippen molar-refractivity contribution in [1.82, 2.24) is 20.4 Å². The van der Waals surface area contributed by atoms with Gasteiger partial charge in [-0.2, -0.15) is 5.10 Å². The lowest BCUT2D eigenvalue weighted by Crippen LogP contribution is -2.29. The molecule has 1 aromatic rings. The maximum atomic E-state index is 4.41. The van der Waals surface area contributed by atoms with Gasteiger partial charge in [0, 0.05) is 37.9 Å². The van der Waals surface area contributed by atoms with Crippen LogP contribution in [0.3, 0.4) is 0 Å². The Morgan fingerprint density at radius 3 is 2.35 bits per heavy atom. The summed E-state index contributed by atoms with van der Waals surface area (Å²) in [6, 6.07) is 0. The number of hydrogen-bond donors (Lipinski definition) is 2. The minimum atomic E-state index is 0.720. The monoisotopic (exact) mass is 238 g/mol. The van der Waals surface area contributed by atoms with E-state index in [1.54, 1.807) is 0 Å². The summed E-state index contributed by atoms with van der Waals surface area (Å²) in [5.74, 6) is 0.720. The molecule has 0 amide bonds. The van der Waals surface area contributed by atoms with Crippen LogP contribution in [0.2, 0.25) is 0 Å². The van der Waals surface area contributed by atoms with Crippen LogP contribution >= 0.6 is 0 Å². The molecular weight excluding hydrogens is 212 g/mol. The van der Waals surface area contributed by atoms with Gasteiger partial charge in [0.1, 0.15) is 0 Å². The van der Waals surface area contributed by atoms with Crippen LogP contribution in [0, 0.1) is 19.8 Å². The summed E-state index contributed by atoms with van der Waals surface area (Å²) in [6.07, 6.45) is 0. The van der Waals surface area contributed by atoms with Crippen LogP contribution in [-0.4, -0.2) is 29.4 Å². The molecule has 0 radical (unpaired) electrons. The van der Waals surface area contributed by atoms with Gasteiger partial charge in [0.25, 0.3) is 0 Å². The van der Waals surface area contributed by atoms with Gasteiger partial charge in [-0.3, -0.25) is 4.68 Å². The molecule has 1 heterocycles. The second-order valence-electron chi connectivity index (χ2n) is 5.05. The van der Waals surface area contributed by atoms with Gasteiger partial charge in [-0.05, 0) is 26.3 Å². The van der Waals surface area contributed by atoms with Gasteiger partial charge >= 0.3 is 0 Å². The maximum Gasteiger partial charge on any atom is 0.0641 e. The van der Waals surface area contributed by atoms with E-state index in [0.717, 1.165) is 37.8 Å². The third-order valence-corrected chi connectivity index (χ3v) is 2.99. The summed E-state index contributed by atoms with van der Waals surface area (Å²) >= 11 is 0. The van der Waals surface area contributed by atoms with Crippen LogP contribution < -0.4 is 10.6 Å². The van der Waals surface area contributed by atoms with E-state index in [9.17, 15) is 0 Å². The Hall–Kier alpha value is -0.870. The fourth-order valence-electron chi connectivity index (χ4n) is 1.85. The van der Waals surface area contributed by atoms with Gasteiger partial charge in [0.05, 0.1) is 5.69 Å². The molecule has 98 valence electrons. The van der Waals surface area contributed by atoms with E-state index in [0.29, 0.717) is 0 Å². The minimum Gasteiger partial charge on any atom is -0.315 e. The van der Waals surface area contributed by atoms with E-state index in [1.807, 2.05) is 11.7 Å². The molecule has 1 aromatic heterocycles. The van der Waals surface area contributed by atoms with Crippen molar-refractivity contribution in [2.75, 3.05) is 19.6 Å². The normalized spacial score (nSPS) is 11.4. The average Bonchev–Trinajstić information content (AvgIpc) is 2.48. The summed E-state index contributed by atoms with van der Waals surface area (Å²) in [5, 5.41) is 11.3. The first-order chi connectivity index (χ1) is 8.02. The van der Waals surface area contributed by atoms with Crippen molar-refractivity contribution in [2.45, 2.75) is 34.2 Å². The smallest absolute Gasteiger partial charge is 0.0641 e. The average molecular weight is 238 g/mol. The Morgan fingerprint density at radius 2 is 1.82 bits per heavy atom. The summed E-state index contributed by atoms with van der Waals surface area (Å²) < 4.78 is 1.95. The molecule has 0 atom stereocenters. The van der Waals surface area contributed by atoms with Crippen LogP contribution in [0.4, 0.5) is 0 Å². The maximum absolute atomic E-state index is 4.41. The molecule has 0 aliphatic heterocycles. The zero-order valence-corrected chi connectivity index (χ0v) is 11.8. The second-order valence-corrected chi connectivity index (χ2v) is 5.05. The van der Waals surface area contributed by atoms with Gasteiger partial charge in [-0.25, -0.2) is 0 Å². The number of aromatic nitrogens is 2. The van der Waals surface area contributed by atoms with Gasteiger partial charge in [0.2, 0.25) is 0 Å². The Balaban J connectivity index is 2.22. The van der Waals surface area contributed by atoms with Crippen molar-refractivity contribution < 1.29 is 0 Å². The van der Waals surface area contributed by atoms with Crippen molar-refractivity contribution >= 4 is 0 Å². The SMILES string of the molecule is Cc1nn(C)c(C)c1CNCCNCC(C)C. The van der Waals surface area contributed by atoms with E-state index in [-0.39, 0.29) is 0 Å². The predicted octanol–water partition coefficient (Wildman–Crippen LogP) is 1.37. The third kappa shape index (κ3) is 4.48. The molecule has 4 nitrogen and oxygen atoms in total. The highest BCUT2D eigenvalue weighted by Gasteiger charge is 2.07. The quantitative estimate of drug-likeness (QED) is 0.705. The molecule has 0 aliphatic rings. The molecule has 4 heteroatoms. The molecule has 0 spiro atoms. The largest absolute Gasteiger partial charge is 0.315 e. The zero-order chi connectivity index (χ0) is 12.8. The van der Waals surface area contributed by atoms with Crippen molar-refractivity contribution in [2.24, 2.45) is 13.0 Å². The number of nitrogens with zero attached hydrogens (tertiary/aromatic N) is 2. The molecular formula is C13H26N4. The lowest BCUT2D eigenvalue weighted by Gasteiger charge is -2.08. The molecule has 0 aromatic carbocycles. The molecule has 0 unspecified atom stereocenters. The van der Waals surface area contributed by atoms with Crippen molar-refractivity contribution in [3.05, 3.63) is 17.0 Å². The first kappa shape index (κ1) is 14.2. The van der Waals surface area contributed by atoms with E-state index in [4.69, 9.17) is 0 Å². The fraction of sp³-hybridized carbons (Fsp3) is 0.769. The van der Waals surface area contributed by atoms with Crippen LogP contribution in [0.25, 0.3) is 0 Å². The van der Waals surface area contributed by atoms with E-state index in [2.05, 4.69) is 43.4 Å². The zero-order valence-electron chi connectivity index (χ0n) is 11.8. The summed E-state index contributed by atoms with van der Waals surface area (Å²) in [6.45, 7) is 12.7. The summed E-state index contributed by atoms with van der Waals surface area (Å²) in [4.78, 5) is 0. The minimum absolute atomic E-state index is 0.720. The number of hydrogen-bond acceptors (Lipinski definition) is 3. The number of aryl methyl sites for hydroxylation is 2. The standard InChI is InChI=1S/C13H26N4/c1-10(2)8-14-6-7-15-9-13-11(3)16-17(5)12(13)4/h10,14-15H,6-9H2,1-5H3. The Morgan fingerprint density at radius 1 is 1.18 bits per heavy atom. The van der Waals surface area contributed by atoms with Crippen molar-refractivity contribution in [1.29, 1.82) is 0 Å². The topological polar surface area (TPSA) is 41.9 Å². The lowest BCUT2D eigenvalue weighted by atomic mass is 10.2. The first-order valence-corrected chi connectivity index (χ1v) is 6.43. The van der Waals surface area contributed by atoms with Gasteiger partial charge in [0.15, 0.2) is 0 Å². The van der Waals surface area contributed by atoms with Crippen molar-refractivity contribution in [3.8, 4) is 0 Å². The molecule has 0 fully saturated rings. The molecule has 17 heavy (non-hydrogen) atoms. The number of nitrogens with one attached hydrogen (secondary N) is 2. The Kier molecular flexibility index (Phi) is 5.65. The highest BCUT2D eigenvalue weighted by Crippen LogP contribution is 2.10. The molecule has 0 bridgehead atoms. The van der Waals surface area contributed by atoms with Gasteiger partial charge < -0.3 is 10.6 Å². The van der Waals surface area contributed by atoms with Crippen LogP contribution in [0.15, 0.2) is 0 Å². The van der Waals surface area contributed by atoms with Crippen molar-refractivity contribution in [3.63, 3.8) is 0 Å². The highest BCUT2D eigenvalue weighted by atomic mass is 15.3.